The molecule has 2 amide bonds. The van der Waals surface area contributed by atoms with Gasteiger partial charge in [0.2, 0.25) is 0 Å². The van der Waals surface area contributed by atoms with E-state index in [1.54, 1.807) is 0 Å². The summed E-state index contributed by atoms with van der Waals surface area (Å²) in [5.41, 5.74) is -1.05. The zero-order valence-electron chi connectivity index (χ0n) is 11.0. The number of amides is 2. The number of anilines is 1. The van der Waals surface area contributed by atoms with Crippen LogP contribution in [0.15, 0.2) is 24.3 Å². The number of piperazine rings is 1. The second kappa shape index (κ2) is 5.70. The highest BCUT2D eigenvalue weighted by Crippen LogP contribution is 2.34. The molecule has 4 nitrogen and oxygen atoms in total. The summed E-state index contributed by atoms with van der Waals surface area (Å²) < 4.78 is 38.5. The number of nitrogens with one attached hydrogen (secondary N) is 2. The van der Waals surface area contributed by atoms with E-state index >= 15 is 0 Å². The van der Waals surface area contributed by atoms with Crippen LogP contribution in [0.3, 0.4) is 0 Å². The van der Waals surface area contributed by atoms with Crippen molar-refractivity contribution in [1.29, 1.82) is 0 Å². The van der Waals surface area contributed by atoms with Crippen molar-refractivity contribution in [1.82, 2.24) is 10.2 Å². The van der Waals surface area contributed by atoms with Crippen molar-refractivity contribution >= 4 is 11.7 Å². The van der Waals surface area contributed by atoms with E-state index < -0.39 is 17.8 Å². The minimum absolute atomic E-state index is 0.0539. The van der Waals surface area contributed by atoms with Gasteiger partial charge in [-0.1, -0.05) is 12.1 Å². The van der Waals surface area contributed by atoms with E-state index in [-0.39, 0.29) is 11.7 Å². The maximum atomic E-state index is 12.8. The lowest BCUT2D eigenvalue weighted by Gasteiger charge is -2.34. The number of rotatable bonds is 1. The Morgan fingerprint density at radius 3 is 2.75 bits per heavy atom. The zero-order valence-corrected chi connectivity index (χ0v) is 11.0. The van der Waals surface area contributed by atoms with Gasteiger partial charge in [0, 0.05) is 25.7 Å². The van der Waals surface area contributed by atoms with E-state index in [9.17, 15) is 18.0 Å². The van der Waals surface area contributed by atoms with Crippen molar-refractivity contribution in [2.45, 2.75) is 19.1 Å². The quantitative estimate of drug-likeness (QED) is 0.833. The molecule has 2 N–H and O–H groups in total. The summed E-state index contributed by atoms with van der Waals surface area (Å²) in [5.74, 6) is 0. The Morgan fingerprint density at radius 1 is 1.40 bits per heavy atom. The minimum atomic E-state index is -4.49. The molecule has 1 aromatic rings. The first-order valence-electron chi connectivity index (χ1n) is 6.34. The molecule has 1 heterocycles. The molecule has 0 radical (unpaired) electrons. The number of para-hydroxylation sites is 1. The largest absolute Gasteiger partial charge is 0.418 e. The molecule has 1 aliphatic heterocycles. The van der Waals surface area contributed by atoms with Crippen LogP contribution in [0, 0.1) is 0 Å². The van der Waals surface area contributed by atoms with Crippen molar-refractivity contribution in [3.05, 3.63) is 29.8 Å². The number of carbonyl (C=O) groups excluding carboxylic acids is 1. The summed E-state index contributed by atoms with van der Waals surface area (Å²) in [6, 6.07) is 4.42. The predicted molar refractivity (Wildman–Crippen MR) is 69.5 cm³/mol. The Labute approximate surface area is 114 Å². The molecule has 0 saturated carbocycles. The Kier molecular flexibility index (Phi) is 4.17. The average molecular weight is 287 g/mol. The second-order valence-corrected chi connectivity index (χ2v) is 4.72. The Balaban J connectivity index is 2.16. The summed E-state index contributed by atoms with van der Waals surface area (Å²) >= 11 is 0. The van der Waals surface area contributed by atoms with Gasteiger partial charge < -0.3 is 15.5 Å². The summed E-state index contributed by atoms with van der Waals surface area (Å²) in [6.45, 7) is 3.59. The molecule has 0 bridgehead atoms. The molecule has 2 rings (SSSR count). The van der Waals surface area contributed by atoms with Gasteiger partial charge >= 0.3 is 12.2 Å². The highest BCUT2D eigenvalue weighted by atomic mass is 19.4. The molecule has 1 aromatic carbocycles. The molecule has 7 heteroatoms. The average Bonchev–Trinajstić information content (AvgIpc) is 2.38. The van der Waals surface area contributed by atoms with Gasteiger partial charge in [-0.15, -0.1) is 0 Å². The highest BCUT2D eigenvalue weighted by Gasteiger charge is 2.34. The van der Waals surface area contributed by atoms with Crippen molar-refractivity contribution in [2.75, 3.05) is 25.0 Å². The van der Waals surface area contributed by atoms with Crippen LogP contribution >= 0.6 is 0 Å². The third-order valence-electron chi connectivity index (χ3n) is 3.24. The lowest BCUT2D eigenvalue weighted by atomic mass is 10.1. The van der Waals surface area contributed by atoms with Crippen LogP contribution in [0.25, 0.3) is 0 Å². The van der Waals surface area contributed by atoms with E-state index in [0.29, 0.717) is 19.6 Å². The number of carbonyl (C=O) groups is 1. The fraction of sp³-hybridized carbons (Fsp3) is 0.462. The van der Waals surface area contributed by atoms with E-state index in [1.807, 2.05) is 6.92 Å². The predicted octanol–water partition coefficient (Wildman–Crippen LogP) is 2.53. The van der Waals surface area contributed by atoms with Crippen molar-refractivity contribution in [3.63, 3.8) is 0 Å². The standard InChI is InChI=1S/C13H16F3N3O/c1-9-8-17-6-7-19(9)12(20)18-11-5-3-2-4-10(11)13(14,15)16/h2-5,9,17H,6-8H2,1H3,(H,18,20)/t9-/m1/s1. The van der Waals surface area contributed by atoms with Gasteiger partial charge in [-0.05, 0) is 19.1 Å². The topological polar surface area (TPSA) is 44.4 Å². The number of hydrogen-bond donors (Lipinski definition) is 2. The maximum Gasteiger partial charge on any atom is 0.418 e. The first kappa shape index (κ1) is 14.6. The van der Waals surface area contributed by atoms with Crippen LogP contribution in [0.2, 0.25) is 0 Å². The molecule has 1 atom stereocenters. The van der Waals surface area contributed by atoms with Gasteiger partial charge in [-0.3, -0.25) is 0 Å². The molecule has 0 aromatic heterocycles. The number of nitrogens with zero attached hydrogens (tertiary/aromatic N) is 1. The smallest absolute Gasteiger partial charge is 0.319 e. The lowest BCUT2D eigenvalue weighted by molar-refractivity contribution is -0.136. The summed E-state index contributed by atoms with van der Waals surface area (Å²) in [5, 5.41) is 5.47. The zero-order chi connectivity index (χ0) is 14.8. The van der Waals surface area contributed by atoms with Gasteiger partial charge in [0.05, 0.1) is 11.3 Å². The number of hydrogen-bond acceptors (Lipinski definition) is 2. The van der Waals surface area contributed by atoms with E-state index in [1.165, 1.54) is 23.1 Å². The van der Waals surface area contributed by atoms with E-state index in [2.05, 4.69) is 10.6 Å². The fourth-order valence-corrected chi connectivity index (χ4v) is 2.17. The Morgan fingerprint density at radius 2 is 2.10 bits per heavy atom. The van der Waals surface area contributed by atoms with Crippen LogP contribution in [-0.4, -0.2) is 36.6 Å². The van der Waals surface area contributed by atoms with Crippen molar-refractivity contribution < 1.29 is 18.0 Å². The molecule has 1 saturated heterocycles. The first-order valence-corrected chi connectivity index (χ1v) is 6.34. The Bertz CT molecular complexity index is 490. The molecule has 0 spiro atoms. The van der Waals surface area contributed by atoms with Gasteiger partial charge in [0.25, 0.3) is 0 Å². The van der Waals surface area contributed by atoms with E-state index in [4.69, 9.17) is 0 Å². The van der Waals surface area contributed by atoms with E-state index in [0.717, 1.165) is 6.07 Å². The fourth-order valence-electron chi connectivity index (χ4n) is 2.17. The molecular formula is C13H16F3N3O. The van der Waals surface area contributed by atoms with Crippen molar-refractivity contribution in [2.24, 2.45) is 0 Å². The summed E-state index contributed by atoms with van der Waals surface area (Å²) in [6.07, 6.45) is -4.49. The molecule has 0 aliphatic carbocycles. The van der Waals surface area contributed by atoms with Crippen LogP contribution in [0.1, 0.15) is 12.5 Å². The molecule has 0 unspecified atom stereocenters. The number of alkyl halides is 3. The normalized spacial score (nSPS) is 19.8. The maximum absolute atomic E-state index is 12.8. The van der Waals surface area contributed by atoms with Gasteiger partial charge in [0.1, 0.15) is 0 Å². The molecule has 1 fully saturated rings. The summed E-state index contributed by atoms with van der Waals surface area (Å²) in [7, 11) is 0. The minimum Gasteiger partial charge on any atom is -0.319 e. The van der Waals surface area contributed by atoms with Crippen LogP contribution < -0.4 is 10.6 Å². The first-order chi connectivity index (χ1) is 9.39. The molecular weight excluding hydrogens is 271 g/mol. The number of halogens is 3. The number of urea groups is 1. The molecule has 110 valence electrons. The summed E-state index contributed by atoms with van der Waals surface area (Å²) in [4.78, 5) is 13.6. The third kappa shape index (κ3) is 3.22. The highest BCUT2D eigenvalue weighted by molar-refractivity contribution is 5.90. The van der Waals surface area contributed by atoms with Crippen LogP contribution in [-0.2, 0) is 6.18 Å². The third-order valence-corrected chi connectivity index (χ3v) is 3.24. The molecule has 1 aliphatic rings. The lowest BCUT2D eigenvalue weighted by Crippen LogP contribution is -2.53. The van der Waals surface area contributed by atoms with Gasteiger partial charge in [-0.2, -0.15) is 13.2 Å². The van der Waals surface area contributed by atoms with Gasteiger partial charge in [-0.25, -0.2) is 4.79 Å². The Hall–Kier alpha value is -1.76. The van der Waals surface area contributed by atoms with Crippen molar-refractivity contribution in [3.8, 4) is 0 Å². The monoisotopic (exact) mass is 287 g/mol. The molecule has 20 heavy (non-hydrogen) atoms. The SMILES string of the molecule is C[C@@H]1CNCCN1C(=O)Nc1ccccc1C(F)(F)F. The number of benzene rings is 1. The second-order valence-electron chi connectivity index (χ2n) is 4.72. The van der Waals surface area contributed by atoms with Crippen LogP contribution in [0.4, 0.5) is 23.7 Å². The van der Waals surface area contributed by atoms with Gasteiger partial charge in [0.15, 0.2) is 0 Å². The van der Waals surface area contributed by atoms with Crippen LogP contribution in [0.5, 0.6) is 0 Å².